The topological polar surface area (TPSA) is 34.1 Å². The Morgan fingerprint density at radius 3 is 3.05 bits per heavy atom. The van der Waals surface area contributed by atoms with Crippen LogP contribution >= 0.6 is 27.3 Å². The summed E-state index contributed by atoms with van der Waals surface area (Å²) in [5.74, 6) is 1.08. The van der Waals surface area contributed by atoms with E-state index >= 15 is 0 Å². The monoisotopic (exact) mass is 352 g/mol. The van der Waals surface area contributed by atoms with E-state index in [1.165, 1.54) is 16.0 Å². The van der Waals surface area contributed by atoms with E-state index in [1.807, 2.05) is 20.2 Å². The number of aryl methyl sites for hydroxylation is 1. The normalized spacial score (nSPS) is 14.9. The van der Waals surface area contributed by atoms with Crippen LogP contribution in [0.2, 0.25) is 0 Å². The van der Waals surface area contributed by atoms with Gasteiger partial charge in [0.1, 0.15) is 5.75 Å². The van der Waals surface area contributed by atoms with Gasteiger partial charge in [-0.2, -0.15) is 0 Å². The number of nitrogens with zero attached hydrogens (tertiary/aromatic N) is 1. The Labute approximate surface area is 131 Å². The summed E-state index contributed by atoms with van der Waals surface area (Å²) < 4.78 is 6.94. The molecule has 0 bridgehead atoms. The van der Waals surface area contributed by atoms with Gasteiger partial charge in [-0.15, -0.1) is 11.3 Å². The summed E-state index contributed by atoms with van der Waals surface area (Å²) in [4.78, 5) is 5.63. The zero-order valence-electron chi connectivity index (χ0n) is 11.6. The molecule has 3 nitrogen and oxygen atoms in total. The molecule has 0 saturated heterocycles. The molecule has 2 heterocycles. The lowest BCUT2D eigenvalue weighted by Crippen LogP contribution is -2.18. The molecule has 1 aromatic heterocycles. The summed E-state index contributed by atoms with van der Waals surface area (Å²) in [5, 5.41) is 4.50. The SMILES string of the molecule is CNC(Cc1cc(Br)cc2c1OCC2)c1cnc(C)s1. The molecule has 5 heteroatoms. The molecule has 0 saturated carbocycles. The van der Waals surface area contributed by atoms with Crippen molar-refractivity contribution >= 4 is 27.3 Å². The van der Waals surface area contributed by atoms with Crippen LogP contribution in [0.1, 0.15) is 27.1 Å². The van der Waals surface area contributed by atoms with Gasteiger partial charge < -0.3 is 10.1 Å². The maximum atomic E-state index is 5.81. The van der Waals surface area contributed by atoms with Crippen molar-refractivity contribution in [3.8, 4) is 5.75 Å². The standard InChI is InChI=1S/C15H17BrN2OS/c1-9-18-8-14(20-9)13(17-2)7-11-6-12(16)5-10-3-4-19-15(10)11/h5-6,8,13,17H,3-4,7H2,1-2H3. The Kier molecular flexibility index (Phi) is 4.10. The van der Waals surface area contributed by atoms with E-state index in [2.05, 4.69) is 38.4 Å². The Balaban J connectivity index is 1.90. The lowest BCUT2D eigenvalue weighted by Gasteiger charge is -2.16. The molecule has 1 aromatic carbocycles. The summed E-state index contributed by atoms with van der Waals surface area (Å²) >= 11 is 5.35. The molecule has 0 aliphatic carbocycles. The number of hydrogen-bond donors (Lipinski definition) is 1. The zero-order valence-corrected chi connectivity index (χ0v) is 14.0. The van der Waals surface area contributed by atoms with E-state index < -0.39 is 0 Å². The van der Waals surface area contributed by atoms with Gasteiger partial charge in [0, 0.05) is 28.0 Å². The number of hydrogen-bond acceptors (Lipinski definition) is 4. The van der Waals surface area contributed by atoms with E-state index in [0.29, 0.717) is 0 Å². The summed E-state index contributed by atoms with van der Waals surface area (Å²) in [7, 11) is 2.00. The minimum absolute atomic E-state index is 0.281. The zero-order chi connectivity index (χ0) is 14.1. The quantitative estimate of drug-likeness (QED) is 0.911. The smallest absolute Gasteiger partial charge is 0.125 e. The van der Waals surface area contributed by atoms with Crippen LogP contribution in [0.3, 0.4) is 0 Å². The van der Waals surface area contributed by atoms with E-state index in [4.69, 9.17) is 4.74 Å². The third kappa shape index (κ3) is 2.75. The summed E-state index contributed by atoms with van der Waals surface area (Å²) in [6, 6.07) is 4.61. The molecule has 3 rings (SSSR count). The Morgan fingerprint density at radius 1 is 1.50 bits per heavy atom. The lowest BCUT2D eigenvalue weighted by molar-refractivity contribution is 0.352. The van der Waals surface area contributed by atoms with Gasteiger partial charge >= 0.3 is 0 Å². The molecule has 1 unspecified atom stereocenters. The fourth-order valence-electron chi connectivity index (χ4n) is 2.60. The molecule has 0 radical (unpaired) electrons. The highest BCUT2D eigenvalue weighted by atomic mass is 79.9. The van der Waals surface area contributed by atoms with Gasteiger partial charge in [-0.1, -0.05) is 15.9 Å². The summed E-state index contributed by atoms with van der Waals surface area (Å²) in [5.41, 5.74) is 2.57. The van der Waals surface area contributed by atoms with E-state index in [9.17, 15) is 0 Å². The molecule has 1 N–H and O–H groups in total. The predicted octanol–water partition coefficient (Wildman–Crippen LogP) is 3.65. The van der Waals surface area contributed by atoms with Crippen LogP contribution < -0.4 is 10.1 Å². The first-order valence-electron chi connectivity index (χ1n) is 6.71. The molecule has 0 amide bonds. The second kappa shape index (κ2) is 5.84. The number of rotatable bonds is 4. The van der Waals surface area contributed by atoms with Crippen molar-refractivity contribution in [3.05, 3.63) is 43.8 Å². The highest BCUT2D eigenvalue weighted by Crippen LogP contribution is 2.36. The molecule has 20 heavy (non-hydrogen) atoms. The van der Waals surface area contributed by atoms with Crippen LogP contribution in [0.15, 0.2) is 22.8 Å². The average molecular weight is 353 g/mol. The van der Waals surface area contributed by atoms with Crippen molar-refractivity contribution in [3.63, 3.8) is 0 Å². The molecule has 1 atom stereocenters. The number of fused-ring (bicyclic) bond motifs is 1. The molecule has 0 spiro atoms. The molecule has 0 fully saturated rings. The van der Waals surface area contributed by atoms with Gasteiger partial charge in [0.05, 0.1) is 11.6 Å². The highest BCUT2D eigenvalue weighted by molar-refractivity contribution is 9.10. The molecular weight excluding hydrogens is 336 g/mol. The fraction of sp³-hybridized carbons (Fsp3) is 0.400. The second-order valence-corrected chi connectivity index (χ2v) is 7.16. The number of benzene rings is 1. The Morgan fingerprint density at radius 2 is 2.35 bits per heavy atom. The molecule has 1 aliphatic rings. The van der Waals surface area contributed by atoms with Crippen LogP contribution in [-0.2, 0) is 12.8 Å². The Bertz CT molecular complexity index is 626. The second-order valence-electron chi connectivity index (χ2n) is 4.98. The van der Waals surface area contributed by atoms with Gasteiger partial charge in [-0.3, -0.25) is 0 Å². The molecule has 2 aromatic rings. The number of likely N-dealkylation sites (N-methyl/N-ethyl adjacent to an activating group) is 1. The highest BCUT2D eigenvalue weighted by Gasteiger charge is 2.21. The van der Waals surface area contributed by atoms with E-state index in [0.717, 1.165) is 34.7 Å². The fourth-order valence-corrected chi connectivity index (χ4v) is 4.05. The van der Waals surface area contributed by atoms with Crippen LogP contribution in [0.5, 0.6) is 5.75 Å². The number of ether oxygens (including phenoxy) is 1. The van der Waals surface area contributed by atoms with Crippen molar-refractivity contribution in [1.29, 1.82) is 0 Å². The number of halogens is 1. The molecule has 1 aliphatic heterocycles. The average Bonchev–Trinajstić information content (AvgIpc) is 3.04. The van der Waals surface area contributed by atoms with Gasteiger partial charge in [0.15, 0.2) is 0 Å². The van der Waals surface area contributed by atoms with Crippen LogP contribution in [0.4, 0.5) is 0 Å². The minimum atomic E-state index is 0.281. The largest absolute Gasteiger partial charge is 0.493 e. The third-order valence-electron chi connectivity index (χ3n) is 3.58. The van der Waals surface area contributed by atoms with Crippen molar-refractivity contribution in [2.45, 2.75) is 25.8 Å². The van der Waals surface area contributed by atoms with Gasteiger partial charge in [-0.05, 0) is 43.7 Å². The minimum Gasteiger partial charge on any atom is -0.493 e. The van der Waals surface area contributed by atoms with Crippen LogP contribution in [0, 0.1) is 6.92 Å². The third-order valence-corrected chi connectivity index (χ3v) is 5.06. The Hall–Kier alpha value is -0.910. The van der Waals surface area contributed by atoms with Gasteiger partial charge in [0.2, 0.25) is 0 Å². The summed E-state index contributed by atoms with van der Waals surface area (Å²) in [6.07, 6.45) is 3.89. The first-order valence-corrected chi connectivity index (χ1v) is 8.32. The maximum Gasteiger partial charge on any atom is 0.125 e. The van der Waals surface area contributed by atoms with Crippen molar-refractivity contribution in [1.82, 2.24) is 10.3 Å². The number of thiazole rings is 1. The maximum absolute atomic E-state index is 5.81. The lowest BCUT2D eigenvalue weighted by atomic mass is 10.0. The molecule has 106 valence electrons. The van der Waals surface area contributed by atoms with Crippen LogP contribution in [0.25, 0.3) is 0 Å². The predicted molar refractivity (Wildman–Crippen MR) is 85.7 cm³/mol. The summed E-state index contributed by atoms with van der Waals surface area (Å²) in [6.45, 7) is 2.84. The van der Waals surface area contributed by atoms with Crippen LogP contribution in [-0.4, -0.2) is 18.6 Å². The van der Waals surface area contributed by atoms with Gasteiger partial charge in [0.25, 0.3) is 0 Å². The van der Waals surface area contributed by atoms with Crippen molar-refractivity contribution < 1.29 is 4.74 Å². The van der Waals surface area contributed by atoms with E-state index in [1.54, 1.807) is 11.3 Å². The number of nitrogens with one attached hydrogen (secondary N) is 1. The molecular formula is C15H17BrN2OS. The van der Waals surface area contributed by atoms with Crippen molar-refractivity contribution in [2.24, 2.45) is 0 Å². The first-order chi connectivity index (χ1) is 9.67. The van der Waals surface area contributed by atoms with Gasteiger partial charge in [-0.25, -0.2) is 4.98 Å². The number of aromatic nitrogens is 1. The first kappa shape index (κ1) is 14.0. The van der Waals surface area contributed by atoms with Crippen molar-refractivity contribution in [2.75, 3.05) is 13.7 Å². The van der Waals surface area contributed by atoms with E-state index in [-0.39, 0.29) is 6.04 Å².